The van der Waals surface area contributed by atoms with Crippen molar-refractivity contribution in [3.05, 3.63) is 89.5 Å². The predicted molar refractivity (Wildman–Crippen MR) is 140 cm³/mol. The zero-order valence-corrected chi connectivity index (χ0v) is 20.7. The van der Waals surface area contributed by atoms with E-state index < -0.39 is 0 Å². The molecule has 0 radical (unpaired) electrons. The van der Waals surface area contributed by atoms with Gasteiger partial charge in [-0.25, -0.2) is 4.98 Å². The Morgan fingerprint density at radius 3 is 2.47 bits per heavy atom. The second-order valence-electron chi connectivity index (χ2n) is 9.69. The van der Waals surface area contributed by atoms with Gasteiger partial charge in [-0.2, -0.15) is 0 Å². The van der Waals surface area contributed by atoms with Gasteiger partial charge in [0.05, 0.1) is 0 Å². The van der Waals surface area contributed by atoms with Crippen molar-refractivity contribution in [1.29, 1.82) is 0 Å². The van der Waals surface area contributed by atoms with Crippen LogP contribution in [0.3, 0.4) is 0 Å². The van der Waals surface area contributed by atoms with E-state index in [1.165, 1.54) is 5.56 Å². The van der Waals surface area contributed by atoms with E-state index in [0.717, 1.165) is 24.0 Å². The first-order valence-electron chi connectivity index (χ1n) is 12.6. The molecule has 1 aliphatic rings. The van der Waals surface area contributed by atoms with Crippen LogP contribution in [0.4, 0.5) is 0 Å². The lowest BCUT2D eigenvalue weighted by atomic mass is 9.84. The zero-order chi connectivity index (χ0) is 25.1. The predicted octanol–water partition coefficient (Wildman–Crippen LogP) is 5.61. The summed E-state index contributed by atoms with van der Waals surface area (Å²) in [4.78, 5) is 32.4. The molecule has 1 fully saturated rings. The molecule has 1 atom stereocenters. The summed E-state index contributed by atoms with van der Waals surface area (Å²) >= 11 is 0. The lowest BCUT2D eigenvalue weighted by Crippen LogP contribution is -2.42. The van der Waals surface area contributed by atoms with Crippen LogP contribution in [0.1, 0.15) is 41.3 Å². The third kappa shape index (κ3) is 5.18. The largest absolute Gasteiger partial charge is 0.436 e. The molecular formula is C30H31N3O3. The van der Waals surface area contributed by atoms with Crippen molar-refractivity contribution in [3.8, 4) is 11.5 Å². The van der Waals surface area contributed by atoms with Crippen molar-refractivity contribution in [3.63, 3.8) is 0 Å². The molecule has 1 unspecified atom stereocenters. The number of piperidine rings is 1. The fraction of sp³-hybridized carbons (Fsp3) is 0.300. The second kappa shape index (κ2) is 10.4. The van der Waals surface area contributed by atoms with Gasteiger partial charge in [-0.15, -0.1) is 0 Å². The summed E-state index contributed by atoms with van der Waals surface area (Å²) in [7, 11) is 0. The Hall–Kier alpha value is -3.93. The zero-order valence-electron chi connectivity index (χ0n) is 20.7. The van der Waals surface area contributed by atoms with Gasteiger partial charge in [-0.3, -0.25) is 9.59 Å². The van der Waals surface area contributed by atoms with Gasteiger partial charge in [-0.1, -0.05) is 55.0 Å². The van der Waals surface area contributed by atoms with Crippen LogP contribution in [-0.2, 0) is 11.3 Å². The number of rotatable bonds is 6. The van der Waals surface area contributed by atoms with Crippen molar-refractivity contribution in [1.82, 2.24) is 15.2 Å². The Morgan fingerprint density at radius 2 is 1.75 bits per heavy atom. The van der Waals surface area contributed by atoms with Gasteiger partial charge in [0, 0.05) is 36.7 Å². The highest BCUT2D eigenvalue weighted by Crippen LogP contribution is 2.28. The fourth-order valence-corrected chi connectivity index (χ4v) is 4.82. The molecular weight excluding hydrogens is 450 g/mol. The number of hydrogen-bond donors (Lipinski definition) is 1. The fourth-order valence-electron chi connectivity index (χ4n) is 4.82. The molecule has 184 valence electrons. The number of hydrogen-bond acceptors (Lipinski definition) is 4. The number of benzene rings is 3. The quantitative estimate of drug-likeness (QED) is 0.389. The molecule has 0 bridgehead atoms. The minimum atomic E-state index is -0.0874. The summed E-state index contributed by atoms with van der Waals surface area (Å²) in [5.41, 5.74) is 5.15. The molecule has 36 heavy (non-hydrogen) atoms. The molecule has 5 rings (SSSR count). The maximum absolute atomic E-state index is 13.2. The van der Waals surface area contributed by atoms with Crippen LogP contribution in [0.2, 0.25) is 0 Å². The second-order valence-corrected chi connectivity index (χ2v) is 9.69. The van der Waals surface area contributed by atoms with E-state index in [-0.39, 0.29) is 23.7 Å². The highest BCUT2D eigenvalue weighted by atomic mass is 16.3. The van der Waals surface area contributed by atoms with Crippen LogP contribution in [0.25, 0.3) is 22.6 Å². The van der Waals surface area contributed by atoms with Crippen molar-refractivity contribution >= 4 is 22.9 Å². The maximum Gasteiger partial charge on any atom is 0.253 e. The third-order valence-corrected chi connectivity index (χ3v) is 7.19. The highest BCUT2D eigenvalue weighted by Gasteiger charge is 2.30. The first-order valence-corrected chi connectivity index (χ1v) is 12.6. The van der Waals surface area contributed by atoms with Crippen molar-refractivity contribution in [2.45, 2.75) is 33.2 Å². The molecule has 0 spiro atoms. The molecule has 1 N–H and O–H groups in total. The van der Waals surface area contributed by atoms with Crippen LogP contribution in [-0.4, -0.2) is 34.8 Å². The lowest BCUT2D eigenvalue weighted by Gasteiger charge is -2.34. The third-order valence-electron chi connectivity index (χ3n) is 7.19. The number of carbonyl (C=O) groups excluding carboxylic acids is 2. The maximum atomic E-state index is 13.2. The van der Waals surface area contributed by atoms with Gasteiger partial charge >= 0.3 is 0 Å². The summed E-state index contributed by atoms with van der Waals surface area (Å²) in [6.07, 6.45) is 1.63. The molecule has 4 aromatic rings. The smallest absolute Gasteiger partial charge is 0.253 e. The van der Waals surface area contributed by atoms with Crippen LogP contribution < -0.4 is 5.32 Å². The monoisotopic (exact) mass is 481 g/mol. The van der Waals surface area contributed by atoms with Crippen LogP contribution >= 0.6 is 0 Å². The first kappa shape index (κ1) is 23.8. The van der Waals surface area contributed by atoms with Gasteiger partial charge in [0.15, 0.2) is 5.58 Å². The number of amides is 2. The first-order chi connectivity index (χ1) is 17.5. The number of aryl methyl sites for hydroxylation is 1. The van der Waals surface area contributed by atoms with Gasteiger partial charge in [0.25, 0.3) is 5.91 Å². The lowest BCUT2D eigenvalue weighted by molar-refractivity contribution is -0.126. The van der Waals surface area contributed by atoms with Crippen LogP contribution in [0.15, 0.2) is 77.2 Å². The standard InChI is InChI=1S/C30H31N3O3/c1-20-8-10-22(11-9-20)19-31-28(34)21(2)23-14-16-33(17-15-23)30(35)25-12-13-27-26(18-25)32-29(36-27)24-6-4-3-5-7-24/h3-13,18,21,23H,14-17,19H2,1-2H3,(H,31,34). The molecule has 1 saturated heterocycles. The van der Waals surface area contributed by atoms with E-state index in [2.05, 4.69) is 29.4 Å². The van der Waals surface area contributed by atoms with Gasteiger partial charge in [-0.05, 0) is 61.6 Å². The SMILES string of the molecule is Cc1ccc(CNC(=O)C(C)C2CCN(C(=O)c3ccc4oc(-c5ccccc5)nc4c3)CC2)cc1. The van der Waals surface area contributed by atoms with E-state index in [1.807, 2.05) is 60.4 Å². The summed E-state index contributed by atoms with van der Waals surface area (Å²) in [5, 5.41) is 3.07. The molecule has 2 heterocycles. The van der Waals surface area contributed by atoms with Gasteiger partial charge in [0.1, 0.15) is 5.52 Å². The number of nitrogens with zero attached hydrogens (tertiary/aromatic N) is 2. The average Bonchev–Trinajstić information content (AvgIpc) is 3.36. The summed E-state index contributed by atoms with van der Waals surface area (Å²) in [6.45, 7) is 5.87. The average molecular weight is 482 g/mol. The number of likely N-dealkylation sites (tertiary alicyclic amines) is 1. The Labute approximate surface area is 211 Å². The molecule has 0 saturated carbocycles. The highest BCUT2D eigenvalue weighted by molar-refractivity contribution is 5.97. The molecule has 3 aromatic carbocycles. The molecule has 6 heteroatoms. The Kier molecular flexibility index (Phi) is 6.85. The number of carbonyl (C=O) groups is 2. The summed E-state index contributed by atoms with van der Waals surface area (Å²) in [6, 6.07) is 23.4. The van der Waals surface area contributed by atoms with E-state index in [0.29, 0.717) is 42.2 Å². The van der Waals surface area contributed by atoms with Gasteiger partial charge < -0.3 is 14.6 Å². The van der Waals surface area contributed by atoms with E-state index in [4.69, 9.17) is 4.42 Å². The molecule has 1 aromatic heterocycles. The van der Waals surface area contributed by atoms with Gasteiger partial charge in [0.2, 0.25) is 11.8 Å². The minimum absolute atomic E-state index is 0.00362. The minimum Gasteiger partial charge on any atom is -0.436 e. The van der Waals surface area contributed by atoms with Crippen molar-refractivity contribution < 1.29 is 14.0 Å². The normalized spacial score (nSPS) is 15.1. The van der Waals surface area contributed by atoms with E-state index in [1.54, 1.807) is 12.1 Å². The molecule has 0 aliphatic carbocycles. The number of nitrogens with one attached hydrogen (secondary N) is 1. The molecule has 2 amide bonds. The number of fused-ring (bicyclic) bond motifs is 1. The number of oxazole rings is 1. The van der Waals surface area contributed by atoms with Crippen LogP contribution in [0.5, 0.6) is 0 Å². The topological polar surface area (TPSA) is 75.4 Å². The summed E-state index contributed by atoms with van der Waals surface area (Å²) < 4.78 is 5.88. The van der Waals surface area contributed by atoms with Crippen LogP contribution in [0, 0.1) is 18.8 Å². The Balaban J connectivity index is 1.17. The van der Waals surface area contributed by atoms with Crippen molar-refractivity contribution in [2.75, 3.05) is 13.1 Å². The number of aromatic nitrogens is 1. The Bertz CT molecular complexity index is 1350. The van der Waals surface area contributed by atoms with Crippen molar-refractivity contribution in [2.24, 2.45) is 11.8 Å². The van der Waals surface area contributed by atoms with E-state index in [9.17, 15) is 9.59 Å². The molecule has 6 nitrogen and oxygen atoms in total. The molecule has 1 aliphatic heterocycles. The summed E-state index contributed by atoms with van der Waals surface area (Å²) in [5.74, 6) is 0.793. The van der Waals surface area contributed by atoms with E-state index >= 15 is 0 Å². The Morgan fingerprint density at radius 1 is 1.03 bits per heavy atom.